The zero-order chi connectivity index (χ0) is 17.8. The van der Waals surface area contributed by atoms with Gasteiger partial charge in [0, 0.05) is 25.4 Å². The summed E-state index contributed by atoms with van der Waals surface area (Å²) >= 11 is 0. The van der Waals surface area contributed by atoms with E-state index in [-0.39, 0.29) is 0 Å². The fraction of sp³-hybridized carbons (Fsp3) is 0.714. The van der Waals surface area contributed by atoms with Crippen LogP contribution in [0.5, 0.6) is 0 Å². The van der Waals surface area contributed by atoms with E-state index in [4.69, 9.17) is 35.9 Å². The van der Waals surface area contributed by atoms with Crippen LogP contribution in [0.3, 0.4) is 0 Å². The van der Waals surface area contributed by atoms with Gasteiger partial charge in [0.2, 0.25) is 0 Å². The van der Waals surface area contributed by atoms with Crippen LogP contribution < -0.4 is 11.5 Å². The van der Waals surface area contributed by atoms with Gasteiger partial charge >= 0.3 is 11.9 Å². The second kappa shape index (κ2) is 20.5. The number of ether oxygens (including phenoxy) is 3. The molecule has 0 amide bonds. The maximum atomic E-state index is 9.55. The summed E-state index contributed by atoms with van der Waals surface area (Å²) in [5.41, 5.74) is 10.6. The van der Waals surface area contributed by atoms with Crippen molar-refractivity contribution in [1.82, 2.24) is 0 Å². The van der Waals surface area contributed by atoms with E-state index < -0.39 is 11.9 Å². The second-order valence-corrected chi connectivity index (χ2v) is 4.13. The highest BCUT2D eigenvalue weighted by molar-refractivity contribution is 5.89. The number of carboxylic acids is 2. The third-order valence-electron chi connectivity index (χ3n) is 2.10. The smallest absolute Gasteiger partial charge is 0.328 e. The lowest BCUT2D eigenvalue weighted by Crippen LogP contribution is -2.12. The third kappa shape index (κ3) is 29.2. The van der Waals surface area contributed by atoms with Gasteiger partial charge in [-0.2, -0.15) is 0 Å². The van der Waals surface area contributed by atoms with Crippen molar-refractivity contribution in [3.8, 4) is 0 Å². The molecule has 9 nitrogen and oxygen atoms in total. The third-order valence-corrected chi connectivity index (χ3v) is 2.10. The summed E-state index contributed by atoms with van der Waals surface area (Å²) in [7, 11) is 0. The first-order valence-corrected chi connectivity index (χ1v) is 7.31. The van der Waals surface area contributed by atoms with Crippen molar-refractivity contribution >= 4 is 11.9 Å². The highest BCUT2D eigenvalue weighted by atomic mass is 16.5. The Kier molecular flexibility index (Phi) is 21.1. The van der Waals surface area contributed by atoms with E-state index in [1.807, 2.05) is 0 Å². The lowest BCUT2D eigenvalue weighted by Gasteiger charge is -2.06. The summed E-state index contributed by atoms with van der Waals surface area (Å²) in [5, 5.41) is 15.6. The Morgan fingerprint density at radius 3 is 1.26 bits per heavy atom. The lowest BCUT2D eigenvalue weighted by atomic mass is 10.5. The van der Waals surface area contributed by atoms with E-state index in [0.717, 1.165) is 12.8 Å². The fourth-order valence-electron chi connectivity index (χ4n) is 1.06. The van der Waals surface area contributed by atoms with Gasteiger partial charge in [0.05, 0.1) is 26.4 Å². The molecular weight excluding hydrogens is 308 g/mol. The number of aliphatic carboxylic acids is 2. The Hall–Kier alpha value is -1.52. The molecule has 6 N–H and O–H groups in total. The first-order valence-electron chi connectivity index (χ1n) is 7.31. The van der Waals surface area contributed by atoms with Crippen LogP contribution in [0.15, 0.2) is 12.2 Å². The van der Waals surface area contributed by atoms with E-state index in [0.29, 0.717) is 64.9 Å². The molecule has 0 radical (unpaired) electrons. The van der Waals surface area contributed by atoms with Gasteiger partial charge in [-0.15, -0.1) is 0 Å². The molecule has 0 saturated carbocycles. The first kappa shape index (κ1) is 23.7. The van der Waals surface area contributed by atoms with E-state index in [2.05, 4.69) is 0 Å². The number of hydrogen-bond donors (Lipinski definition) is 4. The zero-order valence-electron chi connectivity index (χ0n) is 13.3. The lowest BCUT2D eigenvalue weighted by molar-refractivity contribution is -0.134. The Labute approximate surface area is 136 Å². The van der Waals surface area contributed by atoms with Gasteiger partial charge in [-0.05, 0) is 25.9 Å². The standard InChI is InChI=1S/C10H24N2O3.C4H4O4/c11-3-1-5-13-7-9-15-10-8-14-6-2-4-12;5-3(6)1-2-4(7)8/h1-12H2;1-2H,(H,5,6)(H,7,8). The van der Waals surface area contributed by atoms with Gasteiger partial charge < -0.3 is 35.9 Å². The van der Waals surface area contributed by atoms with Crippen molar-refractivity contribution < 1.29 is 34.0 Å². The highest BCUT2D eigenvalue weighted by Crippen LogP contribution is 1.84. The largest absolute Gasteiger partial charge is 0.478 e. The Balaban J connectivity index is 0. The average Bonchev–Trinajstić information content (AvgIpc) is 2.51. The molecule has 23 heavy (non-hydrogen) atoms. The van der Waals surface area contributed by atoms with Gasteiger partial charge in [-0.1, -0.05) is 0 Å². The highest BCUT2D eigenvalue weighted by Gasteiger charge is 1.91. The maximum absolute atomic E-state index is 9.55. The van der Waals surface area contributed by atoms with Gasteiger partial charge in [-0.25, -0.2) is 9.59 Å². The monoisotopic (exact) mass is 336 g/mol. The number of carbonyl (C=O) groups is 2. The van der Waals surface area contributed by atoms with E-state index in [1.165, 1.54) is 0 Å². The van der Waals surface area contributed by atoms with E-state index in [9.17, 15) is 9.59 Å². The predicted molar refractivity (Wildman–Crippen MR) is 84.2 cm³/mol. The van der Waals surface area contributed by atoms with Gasteiger partial charge in [-0.3, -0.25) is 0 Å². The van der Waals surface area contributed by atoms with Crippen molar-refractivity contribution in [3.05, 3.63) is 12.2 Å². The van der Waals surface area contributed by atoms with Crippen molar-refractivity contribution in [2.75, 3.05) is 52.7 Å². The number of nitrogens with two attached hydrogens (primary N) is 2. The molecule has 0 unspecified atom stereocenters. The molecular formula is C14H28N2O7. The topological polar surface area (TPSA) is 154 Å². The van der Waals surface area contributed by atoms with Crippen LogP contribution >= 0.6 is 0 Å². The number of hydrogen-bond acceptors (Lipinski definition) is 7. The average molecular weight is 336 g/mol. The Morgan fingerprint density at radius 1 is 0.696 bits per heavy atom. The minimum absolute atomic E-state index is 0.558. The van der Waals surface area contributed by atoms with Crippen LogP contribution in [0.25, 0.3) is 0 Å². The molecule has 0 rings (SSSR count). The second-order valence-electron chi connectivity index (χ2n) is 4.13. The Bertz CT molecular complexity index is 284. The van der Waals surface area contributed by atoms with Crippen LogP contribution in [-0.2, 0) is 23.8 Å². The molecule has 0 aliphatic heterocycles. The molecule has 0 saturated heterocycles. The SMILES string of the molecule is NCCCOCCOCCOCCCN.O=C(O)C=CC(=O)O. The zero-order valence-corrected chi connectivity index (χ0v) is 13.3. The Morgan fingerprint density at radius 2 is 1.00 bits per heavy atom. The number of carboxylic acid groups (broad SMARTS) is 2. The molecule has 0 aliphatic rings. The van der Waals surface area contributed by atoms with Crippen molar-refractivity contribution in [2.24, 2.45) is 11.5 Å². The molecule has 0 aromatic heterocycles. The first-order chi connectivity index (χ1) is 11.0. The normalized spacial score (nSPS) is 10.3. The van der Waals surface area contributed by atoms with Crippen LogP contribution in [0.4, 0.5) is 0 Å². The molecule has 136 valence electrons. The molecule has 0 aromatic carbocycles. The molecule has 9 heteroatoms. The quantitative estimate of drug-likeness (QED) is 0.241. The maximum Gasteiger partial charge on any atom is 0.328 e. The van der Waals surface area contributed by atoms with Gasteiger partial charge in [0.25, 0.3) is 0 Å². The summed E-state index contributed by atoms with van der Waals surface area (Å²) in [6.07, 6.45) is 2.93. The molecule has 0 spiro atoms. The minimum atomic E-state index is -1.26. The molecule has 0 aromatic rings. The van der Waals surface area contributed by atoms with Crippen LogP contribution in [0.2, 0.25) is 0 Å². The minimum Gasteiger partial charge on any atom is -0.478 e. The molecule has 0 atom stereocenters. The molecule has 0 bridgehead atoms. The fourth-order valence-corrected chi connectivity index (χ4v) is 1.06. The summed E-state index contributed by atoms with van der Waals surface area (Å²) in [6, 6.07) is 0. The van der Waals surface area contributed by atoms with Crippen LogP contribution in [0.1, 0.15) is 12.8 Å². The van der Waals surface area contributed by atoms with Crippen molar-refractivity contribution in [1.29, 1.82) is 0 Å². The molecule has 0 heterocycles. The van der Waals surface area contributed by atoms with Crippen molar-refractivity contribution in [3.63, 3.8) is 0 Å². The predicted octanol–water partition coefficient (Wildman–Crippen LogP) is -0.554. The summed E-state index contributed by atoms with van der Waals surface area (Å²) in [4.78, 5) is 19.1. The van der Waals surface area contributed by atoms with Gasteiger partial charge in [0.1, 0.15) is 0 Å². The van der Waals surface area contributed by atoms with Crippen LogP contribution in [0, 0.1) is 0 Å². The summed E-state index contributed by atoms with van der Waals surface area (Å²) in [6.45, 7) is 5.27. The molecule has 0 aliphatic carbocycles. The number of rotatable bonds is 14. The van der Waals surface area contributed by atoms with E-state index in [1.54, 1.807) is 0 Å². The summed E-state index contributed by atoms with van der Waals surface area (Å²) in [5.74, 6) is -2.51. The van der Waals surface area contributed by atoms with Crippen LogP contribution in [-0.4, -0.2) is 74.9 Å². The summed E-state index contributed by atoms with van der Waals surface area (Å²) < 4.78 is 15.8. The van der Waals surface area contributed by atoms with E-state index >= 15 is 0 Å². The molecule has 0 fully saturated rings. The van der Waals surface area contributed by atoms with Gasteiger partial charge in [0.15, 0.2) is 0 Å². The van der Waals surface area contributed by atoms with Crippen molar-refractivity contribution in [2.45, 2.75) is 12.8 Å².